The average Bonchev–Trinajstić information content (AvgIpc) is 2.62. The molecule has 0 radical (unpaired) electrons. The molecule has 8 nitrogen and oxygen atoms in total. The van der Waals surface area contributed by atoms with Crippen LogP contribution in [-0.2, 0) is 14.3 Å². The summed E-state index contributed by atoms with van der Waals surface area (Å²) < 4.78 is 15.1. The number of nitrogens with one attached hydrogen (secondary N) is 2. The van der Waals surface area contributed by atoms with Crippen LogP contribution < -0.4 is 20.1 Å². The maximum absolute atomic E-state index is 11.7. The third-order valence-corrected chi connectivity index (χ3v) is 2.84. The summed E-state index contributed by atoms with van der Waals surface area (Å²) in [5, 5.41) is 4.35. The van der Waals surface area contributed by atoms with Gasteiger partial charge < -0.3 is 19.5 Å². The summed E-state index contributed by atoms with van der Waals surface area (Å²) in [7, 11) is 2.98. The Morgan fingerprint density at radius 2 is 1.96 bits per heavy atom. The van der Waals surface area contributed by atoms with Crippen molar-refractivity contribution in [1.29, 1.82) is 0 Å². The molecule has 1 aromatic rings. The van der Waals surface area contributed by atoms with Crippen LogP contribution in [0.4, 0.5) is 4.79 Å². The van der Waals surface area contributed by atoms with E-state index in [-0.39, 0.29) is 6.54 Å². The van der Waals surface area contributed by atoms with E-state index in [1.165, 1.54) is 26.4 Å². The summed E-state index contributed by atoms with van der Waals surface area (Å²) in [4.78, 5) is 34.3. The van der Waals surface area contributed by atoms with Gasteiger partial charge in [-0.1, -0.05) is 18.2 Å². The molecule has 0 saturated heterocycles. The van der Waals surface area contributed by atoms with Crippen molar-refractivity contribution in [1.82, 2.24) is 10.6 Å². The zero-order valence-corrected chi connectivity index (χ0v) is 14.0. The molecule has 8 heteroatoms. The molecule has 0 unspecified atom stereocenters. The van der Waals surface area contributed by atoms with Crippen molar-refractivity contribution in [3.63, 3.8) is 0 Å². The fraction of sp³-hybridized carbons (Fsp3) is 0.235. The van der Waals surface area contributed by atoms with Gasteiger partial charge in [-0.05, 0) is 12.1 Å². The average molecular weight is 348 g/mol. The van der Waals surface area contributed by atoms with Gasteiger partial charge >= 0.3 is 12.0 Å². The molecule has 3 amide bonds. The molecule has 0 aromatic heterocycles. The Labute approximate surface area is 145 Å². The van der Waals surface area contributed by atoms with E-state index in [9.17, 15) is 14.4 Å². The molecule has 0 heterocycles. The smallest absolute Gasteiger partial charge is 0.331 e. The fourth-order valence-electron chi connectivity index (χ4n) is 1.76. The number of esters is 1. The molecule has 0 aliphatic carbocycles. The van der Waals surface area contributed by atoms with Crippen molar-refractivity contribution >= 4 is 24.0 Å². The molecule has 0 fully saturated rings. The van der Waals surface area contributed by atoms with E-state index in [0.717, 1.165) is 6.08 Å². The maximum Gasteiger partial charge on any atom is 0.331 e. The molecule has 0 atom stereocenters. The number of carbonyl (C=O) groups is 3. The standard InChI is InChI=1S/C17H20N2O6/c1-4-10-18-17(22)19-14(20)11-25-15(21)9-8-12-6-5-7-13(23-2)16(12)24-3/h4-9H,1,10-11H2,2-3H3,(H2,18,19,20,22)/b9-8+. The quantitative estimate of drug-likeness (QED) is 0.417. The Balaban J connectivity index is 2.54. The molecule has 1 rings (SSSR count). The van der Waals surface area contributed by atoms with Crippen molar-refractivity contribution < 1.29 is 28.6 Å². The van der Waals surface area contributed by atoms with Gasteiger partial charge in [0.1, 0.15) is 0 Å². The molecule has 2 N–H and O–H groups in total. The van der Waals surface area contributed by atoms with Crippen LogP contribution in [0.15, 0.2) is 36.9 Å². The first kappa shape index (κ1) is 19.8. The zero-order chi connectivity index (χ0) is 18.7. The van der Waals surface area contributed by atoms with E-state index in [4.69, 9.17) is 14.2 Å². The Morgan fingerprint density at radius 3 is 2.60 bits per heavy atom. The molecule has 25 heavy (non-hydrogen) atoms. The third-order valence-electron chi connectivity index (χ3n) is 2.84. The van der Waals surface area contributed by atoms with Crippen LogP contribution in [0.5, 0.6) is 11.5 Å². The predicted molar refractivity (Wildman–Crippen MR) is 91.3 cm³/mol. The first-order chi connectivity index (χ1) is 12.0. The number of amides is 3. The normalized spacial score (nSPS) is 10.0. The topological polar surface area (TPSA) is 103 Å². The summed E-state index contributed by atoms with van der Waals surface area (Å²) in [5.41, 5.74) is 0.604. The highest BCUT2D eigenvalue weighted by Gasteiger charge is 2.10. The van der Waals surface area contributed by atoms with Gasteiger partial charge in [-0.15, -0.1) is 6.58 Å². The minimum atomic E-state index is -0.748. The van der Waals surface area contributed by atoms with Crippen LogP contribution in [0, 0.1) is 0 Å². The maximum atomic E-state index is 11.7. The van der Waals surface area contributed by atoms with Crippen molar-refractivity contribution in [2.45, 2.75) is 0 Å². The monoisotopic (exact) mass is 348 g/mol. The lowest BCUT2D eigenvalue weighted by molar-refractivity contribution is -0.143. The Hall–Kier alpha value is -3.29. The van der Waals surface area contributed by atoms with Crippen LogP contribution in [-0.4, -0.2) is 45.3 Å². The summed E-state index contributed by atoms with van der Waals surface area (Å²) in [6.07, 6.45) is 4.07. The second kappa shape index (κ2) is 10.5. The molecule has 134 valence electrons. The van der Waals surface area contributed by atoms with Crippen LogP contribution in [0.25, 0.3) is 6.08 Å². The number of para-hydroxylation sites is 1. The lowest BCUT2D eigenvalue weighted by atomic mass is 10.1. The lowest BCUT2D eigenvalue weighted by Crippen LogP contribution is -2.41. The van der Waals surface area contributed by atoms with Gasteiger partial charge in [-0.2, -0.15) is 0 Å². The Kier molecular flexibility index (Phi) is 8.28. The highest BCUT2D eigenvalue weighted by molar-refractivity contribution is 5.96. The number of carbonyl (C=O) groups excluding carboxylic acids is 3. The summed E-state index contributed by atoms with van der Waals surface area (Å²) in [6.45, 7) is 3.05. The van der Waals surface area contributed by atoms with Gasteiger partial charge in [0, 0.05) is 18.2 Å². The predicted octanol–water partition coefficient (Wildman–Crippen LogP) is 1.27. The lowest BCUT2D eigenvalue weighted by Gasteiger charge is -2.09. The van der Waals surface area contributed by atoms with Gasteiger partial charge in [0.15, 0.2) is 18.1 Å². The number of hydrogen-bond donors (Lipinski definition) is 2. The summed E-state index contributed by atoms with van der Waals surface area (Å²) in [5.74, 6) is -0.512. The SMILES string of the molecule is C=CCNC(=O)NC(=O)COC(=O)/C=C/c1cccc(OC)c1OC. The van der Waals surface area contributed by atoms with Gasteiger partial charge in [0.25, 0.3) is 5.91 Å². The van der Waals surface area contributed by atoms with E-state index in [0.29, 0.717) is 17.1 Å². The van der Waals surface area contributed by atoms with Crippen molar-refractivity contribution in [2.75, 3.05) is 27.4 Å². The first-order valence-corrected chi connectivity index (χ1v) is 7.26. The molecule has 0 saturated carbocycles. The van der Waals surface area contributed by atoms with E-state index < -0.39 is 24.5 Å². The summed E-state index contributed by atoms with van der Waals surface area (Å²) >= 11 is 0. The number of ether oxygens (including phenoxy) is 3. The Morgan fingerprint density at radius 1 is 1.20 bits per heavy atom. The van der Waals surface area contributed by atoms with Crippen LogP contribution >= 0.6 is 0 Å². The van der Waals surface area contributed by atoms with Gasteiger partial charge in [-0.3, -0.25) is 10.1 Å². The number of hydrogen-bond acceptors (Lipinski definition) is 6. The minimum Gasteiger partial charge on any atom is -0.493 e. The fourth-order valence-corrected chi connectivity index (χ4v) is 1.76. The highest BCUT2D eigenvalue weighted by Crippen LogP contribution is 2.31. The molecule has 0 aliphatic heterocycles. The number of benzene rings is 1. The van der Waals surface area contributed by atoms with E-state index in [2.05, 4.69) is 11.9 Å². The molecule has 0 aliphatic rings. The van der Waals surface area contributed by atoms with E-state index >= 15 is 0 Å². The van der Waals surface area contributed by atoms with Crippen molar-refractivity contribution in [2.24, 2.45) is 0 Å². The molecule has 0 spiro atoms. The van der Waals surface area contributed by atoms with Crippen LogP contribution in [0.1, 0.15) is 5.56 Å². The second-order valence-corrected chi connectivity index (χ2v) is 4.57. The molecular weight excluding hydrogens is 328 g/mol. The highest BCUT2D eigenvalue weighted by atomic mass is 16.5. The molecular formula is C17H20N2O6. The second-order valence-electron chi connectivity index (χ2n) is 4.57. The van der Waals surface area contributed by atoms with Crippen LogP contribution in [0.3, 0.4) is 0 Å². The number of rotatable bonds is 8. The molecule has 1 aromatic carbocycles. The minimum absolute atomic E-state index is 0.212. The first-order valence-electron chi connectivity index (χ1n) is 7.26. The van der Waals surface area contributed by atoms with Gasteiger partial charge in [0.2, 0.25) is 0 Å². The zero-order valence-electron chi connectivity index (χ0n) is 14.0. The number of urea groups is 1. The number of imide groups is 1. The van der Waals surface area contributed by atoms with Crippen LogP contribution in [0.2, 0.25) is 0 Å². The number of methoxy groups -OCH3 is 2. The largest absolute Gasteiger partial charge is 0.493 e. The van der Waals surface area contributed by atoms with Gasteiger partial charge in [0.05, 0.1) is 14.2 Å². The Bertz CT molecular complexity index is 669. The van der Waals surface area contributed by atoms with E-state index in [1.54, 1.807) is 18.2 Å². The van der Waals surface area contributed by atoms with Crippen molar-refractivity contribution in [3.8, 4) is 11.5 Å². The summed E-state index contributed by atoms with van der Waals surface area (Å²) in [6, 6.07) is 4.48. The third kappa shape index (κ3) is 6.78. The van der Waals surface area contributed by atoms with Gasteiger partial charge in [-0.25, -0.2) is 9.59 Å². The molecule has 0 bridgehead atoms. The van der Waals surface area contributed by atoms with E-state index in [1.807, 2.05) is 5.32 Å². The van der Waals surface area contributed by atoms with Crippen molar-refractivity contribution in [3.05, 3.63) is 42.5 Å².